The molecule has 0 saturated heterocycles. The Kier molecular flexibility index (Phi) is 15.1. The van der Waals surface area contributed by atoms with E-state index in [1.807, 2.05) is 46.2 Å². The fourth-order valence-corrected chi connectivity index (χ4v) is 4.54. The van der Waals surface area contributed by atoms with Gasteiger partial charge in [0.2, 0.25) is 0 Å². The number of anilines is 2. The van der Waals surface area contributed by atoms with Crippen molar-refractivity contribution in [3.63, 3.8) is 0 Å². The quantitative estimate of drug-likeness (QED) is 0.209. The van der Waals surface area contributed by atoms with E-state index in [0.29, 0.717) is 27.8 Å². The molecule has 0 bridgehead atoms. The van der Waals surface area contributed by atoms with E-state index in [-0.39, 0.29) is 12.1 Å². The van der Waals surface area contributed by atoms with Crippen LogP contribution in [-0.4, -0.2) is 48.0 Å². The number of rotatable bonds is 16. The summed E-state index contributed by atoms with van der Waals surface area (Å²) in [6.07, 6.45) is 8.60. The van der Waals surface area contributed by atoms with Crippen LogP contribution in [0.5, 0.6) is 0 Å². The van der Waals surface area contributed by atoms with Gasteiger partial charge in [-0.2, -0.15) is 0 Å². The van der Waals surface area contributed by atoms with Crippen LogP contribution in [0.3, 0.4) is 0 Å². The van der Waals surface area contributed by atoms with E-state index in [1.54, 1.807) is 0 Å². The van der Waals surface area contributed by atoms with Crippen molar-refractivity contribution in [3.05, 3.63) is 57.6 Å². The molecule has 4 amide bonds. The average molecular weight is 578 g/mol. The predicted octanol–water partition coefficient (Wildman–Crippen LogP) is 9.45. The van der Waals surface area contributed by atoms with Crippen molar-refractivity contribution in [1.82, 2.24) is 9.80 Å². The van der Waals surface area contributed by atoms with Gasteiger partial charge in [0.1, 0.15) is 0 Å². The van der Waals surface area contributed by atoms with Crippen molar-refractivity contribution >= 4 is 46.6 Å². The van der Waals surface area contributed by atoms with Crippen LogP contribution in [0.4, 0.5) is 21.0 Å². The van der Waals surface area contributed by atoms with Gasteiger partial charge in [-0.05, 0) is 67.5 Å². The number of carbonyl (C=O) groups excluding carboxylic acids is 2. The van der Waals surface area contributed by atoms with Crippen molar-refractivity contribution in [1.29, 1.82) is 0 Å². The largest absolute Gasteiger partial charge is 0.325 e. The average Bonchev–Trinajstić information content (AvgIpc) is 2.92. The molecule has 0 spiro atoms. The second-order valence-electron chi connectivity index (χ2n) is 10.1. The summed E-state index contributed by atoms with van der Waals surface area (Å²) in [5.74, 6) is 0. The molecular weight excluding hydrogens is 531 g/mol. The molecule has 8 heteroatoms. The van der Waals surface area contributed by atoms with Gasteiger partial charge in [0.05, 0.1) is 21.4 Å². The molecule has 2 rings (SSSR count). The smallest absolute Gasteiger partial charge is 0.321 e. The number of nitrogens with zero attached hydrogens (tertiary/aromatic N) is 2. The molecule has 0 atom stereocenters. The van der Waals surface area contributed by atoms with Crippen LogP contribution in [0.1, 0.15) is 90.2 Å². The highest BCUT2D eigenvalue weighted by Gasteiger charge is 2.16. The summed E-state index contributed by atoms with van der Waals surface area (Å²) >= 11 is 12.9. The molecule has 0 aromatic heterocycles. The number of urea groups is 2. The molecule has 0 saturated carbocycles. The highest BCUT2D eigenvalue weighted by molar-refractivity contribution is 6.34. The summed E-state index contributed by atoms with van der Waals surface area (Å²) in [4.78, 5) is 29.8. The van der Waals surface area contributed by atoms with Gasteiger partial charge in [-0.25, -0.2) is 9.59 Å². The third kappa shape index (κ3) is 11.3. The fourth-order valence-electron chi connectivity index (χ4n) is 4.21. The minimum Gasteiger partial charge on any atom is -0.325 e. The molecule has 0 heterocycles. The lowest BCUT2D eigenvalue weighted by molar-refractivity contribution is 0.209. The molecule has 216 valence electrons. The van der Waals surface area contributed by atoms with Crippen LogP contribution in [-0.2, 0) is 6.42 Å². The van der Waals surface area contributed by atoms with E-state index in [9.17, 15) is 9.59 Å². The topological polar surface area (TPSA) is 64.7 Å². The number of benzene rings is 2. The van der Waals surface area contributed by atoms with Gasteiger partial charge in [0, 0.05) is 26.2 Å². The first kappa shape index (κ1) is 32.8. The Bertz CT molecular complexity index is 950. The van der Waals surface area contributed by atoms with Crippen LogP contribution in [0.15, 0.2) is 36.4 Å². The van der Waals surface area contributed by atoms with Crippen molar-refractivity contribution in [2.45, 2.75) is 85.5 Å². The van der Waals surface area contributed by atoms with Crippen LogP contribution < -0.4 is 10.6 Å². The molecule has 0 unspecified atom stereocenters. The lowest BCUT2D eigenvalue weighted by Gasteiger charge is -2.23. The predicted molar refractivity (Wildman–Crippen MR) is 167 cm³/mol. The van der Waals surface area contributed by atoms with Gasteiger partial charge >= 0.3 is 12.1 Å². The zero-order chi connectivity index (χ0) is 28.6. The van der Waals surface area contributed by atoms with Crippen molar-refractivity contribution in [2.75, 3.05) is 36.8 Å². The maximum absolute atomic E-state index is 13.0. The first-order valence-corrected chi connectivity index (χ1v) is 15.3. The summed E-state index contributed by atoms with van der Waals surface area (Å²) in [5, 5.41) is 7.04. The second-order valence-corrected chi connectivity index (χ2v) is 10.9. The molecule has 0 aliphatic rings. The SMILES string of the molecule is CCCCN(CCCC)C(=O)Nc1cc(Cc2ccc(Cl)c(NC(=O)N(CCCC)CCCC)c2)ccc1Cl. The number of unbranched alkanes of at least 4 members (excludes halogenated alkanes) is 4. The molecule has 0 radical (unpaired) electrons. The van der Waals surface area contributed by atoms with Gasteiger partial charge < -0.3 is 20.4 Å². The maximum atomic E-state index is 13.0. The first-order chi connectivity index (χ1) is 18.8. The summed E-state index contributed by atoms with van der Waals surface area (Å²) < 4.78 is 0. The Balaban J connectivity index is 2.15. The van der Waals surface area contributed by atoms with Crippen molar-refractivity contribution < 1.29 is 9.59 Å². The van der Waals surface area contributed by atoms with Crippen LogP contribution in [0, 0.1) is 0 Å². The maximum Gasteiger partial charge on any atom is 0.321 e. The lowest BCUT2D eigenvalue weighted by atomic mass is 10.0. The minimum atomic E-state index is -0.122. The number of hydrogen-bond acceptors (Lipinski definition) is 2. The normalized spacial score (nSPS) is 10.8. The fraction of sp³-hybridized carbons (Fsp3) is 0.548. The minimum absolute atomic E-state index is 0.122. The molecule has 0 aliphatic carbocycles. The number of halogens is 2. The molecule has 39 heavy (non-hydrogen) atoms. The van der Waals surface area contributed by atoms with E-state index >= 15 is 0 Å². The number of carbonyl (C=O) groups is 2. The molecular formula is C31H46Cl2N4O2. The Hall–Kier alpha value is -2.44. The highest BCUT2D eigenvalue weighted by Crippen LogP contribution is 2.28. The van der Waals surface area contributed by atoms with Gasteiger partial charge in [0.25, 0.3) is 0 Å². The highest BCUT2D eigenvalue weighted by atomic mass is 35.5. The van der Waals surface area contributed by atoms with Crippen molar-refractivity contribution in [3.8, 4) is 0 Å². The summed E-state index contributed by atoms with van der Waals surface area (Å²) in [6.45, 7) is 11.4. The monoisotopic (exact) mass is 576 g/mol. The van der Waals surface area contributed by atoms with Gasteiger partial charge in [0.15, 0.2) is 0 Å². The zero-order valence-electron chi connectivity index (χ0n) is 24.1. The van der Waals surface area contributed by atoms with Crippen LogP contribution in [0.2, 0.25) is 10.0 Å². The Morgan fingerprint density at radius 1 is 0.615 bits per heavy atom. The van der Waals surface area contributed by atoms with Gasteiger partial charge in [-0.3, -0.25) is 0 Å². The Labute approximate surface area is 245 Å². The lowest BCUT2D eigenvalue weighted by Crippen LogP contribution is -2.36. The third-order valence-corrected chi connectivity index (χ3v) is 7.31. The molecule has 6 nitrogen and oxygen atoms in total. The Morgan fingerprint density at radius 2 is 0.949 bits per heavy atom. The number of nitrogens with one attached hydrogen (secondary N) is 2. The summed E-state index contributed by atoms with van der Waals surface area (Å²) in [5.41, 5.74) is 3.19. The molecule has 0 fully saturated rings. The first-order valence-electron chi connectivity index (χ1n) is 14.5. The van der Waals surface area contributed by atoms with E-state index in [2.05, 4.69) is 38.3 Å². The van der Waals surface area contributed by atoms with E-state index < -0.39 is 0 Å². The van der Waals surface area contributed by atoms with E-state index in [1.165, 1.54) is 0 Å². The Morgan fingerprint density at radius 3 is 1.26 bits per heavy atom. The van der Waals surface area contributed by atoms with E-state index in [0.717, 1.165) is 88.7 Å². The van der Waals surface area contributed by atoms with Gasteiger partial charge in [-0.1, -0.05) is 88.7 Å². The van der Waals surface area contributed by atoms with Crippen LogP contribution in [0.25, 0.3) is 0 Å². The number of amides is 4. The van der Waals surface area contributed by atoms with Gasteiger partial charge in [-0.15, -0.1) is 0 Å². The zero-order valence-corrected chi connectivity index (χ0v) is 25.6. The standard InChI is InChI=1S/C31H46Cl2N4O2/c1-5-9-17-36(18-10-6-2)30(38)34-28-22-24(13-15-26(28)32)21-25-14-16-27(33)29(23-25)35-31(39)37(19-11-7-3)20-12-8-4/h13-16,22-23H,5-12,17-21H2,1-4H3,(H,34,38)(H,35,39). The summed E-state index contributed by atoms with van der Waals surface area (Å²) in [6, 6.07) is 11.1. The number of hydrogen-bond donors (Lipinski definition) is 2. The van der Waals surface area contributed by atoms with E-state index in [4.69, 9.17) is 23.2 Å². The van der Waals surface area contributed by atoms with Crippen molar-refractivity contribution in [2.24, 2.45) is 0 Å². The van der Waals surface area contributed by atoms with Crippen LogP contribution >= 0.6 is 23.2 Å². The molecule has 0 aliphatic heterocycles. The second kappa shape index (κ2) is 18.0. The molecule has 2 aromatic rings. The summed E-state index contributed by atoms with van der Waals surface area (Å²) in [7, 11) is 0. The molecule has 2 N–H and O–H groups in total. The molecule has 2 aromatic carbocycles. The third-order valence-electron chi connectivity index (χ3n) is 6.65.